The van der Waals surface area contributed by atoms with E-state index in [1.54, 1.807) is 43.5 Å². The summed E-state index contributed by atoms with van der Waals surface area (Å²) in [6, 6.07) is 19.1. The molecule has 0 unspecified atom stereocenters. The van der Waals surface area contributed by atoms with Crippen molar-refractivity contribution in [1.29, 1.82) is 0 Å². The van der Waals surface area contributed by atoms with Crippen LogP contribution >= 0.6 is 0 Å². The third-order valence-electron chi connectivity index (χ3n) is 5.11. The Morgan fingerprint density at radius 1 is 1.06 bits per heavy atom. The molecule has 0 aliphatic carbocycles. The summed E-state index contributed by atoms with van der Waals surface area (Å²) in [5.74, 6) is -0.426. The van der Waals surface area contributed by atoms with Crippen molar-refractivity contribution < 1.29 is 14.6 Å². The Morgan fingerprint density at radius 3 is 2.45 bits per heavy atom. The van der Waals surface area contributed by atoms with Crippen LogP contribution in [0.1, 0.15) is 28.9 Å². The van der Waals surface area contributed by atoms with Gasteiger partial charge in [-0.1, -0.05) is 30.3 Å². The van der Waals surface area contributed by atoms with E-state index < -0.39 is 17.2 Å². The van der Waals surface area contributed by atoms with Crippen LogP contribution in [0.5, 0.6) is 11.5 Å². The van der Waals surface area contributed by atoms with Gasteiger partial charge in [0.2, 0.25) is 0 Å². The van der Waals surface area contributed by atoms with Crippen LogP contribution in [0.2, 0.25) is 0 Å². The molecule has 0 aliphatic rings. The molecule has 2 heterocycles. The molecule has 1 atom stereocenters. The van der Waals surface area contributed by atoms with Gasteiger partial charge in [0.05, 0.1) is 24.2 Å². The number of nitrogens with one attached hydrogen (secondary N) is 1. The molecule has 7 heteroatoms. The highest BCUT2D eigenvalue weighted by molar-refractivity contribution is 6.02. The summed E-state index contributed by atoms with van der Waals surface area (Å²) in [4.78, 5) is 30.7. The van der Waals surface area contributed by atoms with Gasteiger partial charge in [-0.25, -0.2) is 4.98 Å². The Balaban J connectivity index is 1.85. The van der Waals surface area contributed by atoms with E-state index in [2.05, 4.69) is 10.3 Å². The molecule has 0 radical (unpaired) electrons. The number of hydrogen-bond donors (Lipinski definition) is 2. The molecule has 1 amide bonds. The summed E-state index contributed by atoms with van der Waals surface area (Å²) in [5.41, 5.74) is 0.640. The molecular weight excluding hydrogens is 394 g/mol. The number of ether oxygens (including phenoxy) is 1. The summed E-state index contributed by atoms with van der Waals surface area (Å²) in [6.07, 6.45) is 1.53. The first-order chi connectivity index (χ1) is 15.0. The molecule has 0 bridgehead atoms. The summed E-state index contributed by atoms with van der Waals surface area (Å²) < 4.78 is 6.50. The van der Waals surface area contributed by atoms with Crippen LogP contribution in [0.25, 0.3) is 16.7 Å². The Labute approximate surface area is 178 Å². The predicted molar refractivity (Wildman–Crippen MR) is 118 cm³/mol. The normalized spacial score (nSPS) is 11.8. The van der Waals surface area contributed by atoms with Gasteiger partial charge in [0, 0.05) is 6.20 Å². The summed E-state index contributed by atoms with van der Waals surface area (Å²) in [7, 11) is 1.55. The molecule has 4 rings (SSSR count). The van der Waals surface area contributed by atoms with E-state index in [9.17, 15) is 14.7 Å². The van der Waals surface area contributed by atoms with Crippen LogP contribution in [0, 0.1) is 0 Å². The lowest BCUT2D eigenvalue weighted by Crippen LogP contribution is -2.34. The molecule has 2 aromatic heterocycles. The van der Waals surface area contributed by atoms with E-state index in [1.165, 1.54) is 10.8 Å². The molecule has 31 heavy (non-hydrogen) atoms. The number of rotatable bonds is 5. The van der Waals surface area contributed by atoms with E-state index in [4.69, 9.17) is 4.74 Å². The van der Waals surface area contributed by atoms with Crippen LogP contribution in [0.15, 0.2) is 77.7 Å². The van der Waals surface area contributed by atoms with Gasteiger partial charge in [-0.3, -0.25) is 14.2 Å². The van der Waals surface area contributed by atoms with E-state index in [1.807, 2.05) is 37.3 Å². The van der Waals surface area contributed by atoms with Crippen LogP contribution in [-0.2, 0) is 0 Å². The number of fused-ring (bicyclic) bond motifs is 1. The molecule has 0 spiro atoms. The molecule has 2 aromatic carbocycles. The number of hydrogen-bond acceptors (Lipinski definition) is 5. The maximum absolute atomic E-state index is 13.4. The lowest BCUT2D eigenvalue weighted by molar-refractivity contribution is 0.0935. The topological polar surface area (TPSA) is 93.5 Å². The standard InChI is InChI=1S/C24H21N3O4/c1-15(16-7-4-3-5-8-16)26-23(29)20-21(28)19-9-6-14-25-22(19)27(24(20)30)17-10-12-18(31-2)13-11-17/h3-15,28H,1-2H3,(H,26,29)/t15-/m1/s1. The SMILES string of the molecule is COc1ccc(-n2c(=O)c(C(=O)N[C@H](C)c3ccccc3)c(O)c3cccnc32)cc1. The zero-order valence-electron chi connectivity index (χ0n) is 17.1. The first-order valence-corrected chi connectivity index (χ1v) is 9.74. The number of benzene rings is 2. The van der Waals surface area contributed by atoms with Crippen LogP contribution in [-0.4, -0.2) is 27.7 Å². The zero-order valence-corrected chi connectivity index (χ0v) is 17.1. The van der Waals surface area contributed by atoms with Gasteiger partial charge >= 0.3 is 0 Å². The molecule has 7 nitrogen and oxygen atoms in total. The zero-order chi connectivity index (χ0) is 22.0. The van der Waals surface area contributed by atoms with Gasteiger partial charge in [0.25, 0.3) is 11.5 Å². The Morgan fingerprint density at radius 2 is 1.77 bits per heavy atom. The highest BCUT2D eigenvalue weighted by Crippen LogP contribution is 2.27. The number of pyridine rings is 2. The second-order valence-corrected chi connectivity index (χ2v) is 7.04. The van der Waals surface area contributed by atoms with Gasteiger partial charge < -0.3 is 15.2 Å². The van der Waals surface area contributed by atoms with Crippen molar-refractivity contribution in [3.63, 3.8) is 0 Å². The van der Waals surface area contributed by atoms with Gasteiger partial charge in [-0.05, 0) is 48.9 Å². The average Bonchev–Trinajstić information content (AvgIpc) is 2.80. The van der Waals surface area contributed by atoms with Crippen molar-refractivity contribution >= 4 is 16.9 Å². The van der Waals surface area contributed by atoms with Gasteiger partial charge in [0.1, 0.15) is 17.1 Å². The summed E-state index contributed by atoms with van der Waals surface area (Å²) in [5, 5.41) is 13.9. The Kier molecular flexibility index (Phi) is 5.41. The molecule has 4 aromatic rings. The van der Waals surface area contributed by atoms with Gasteiger partial charge in [0.15, 0.2) is 5.65 Å². The third kappa shape index (κ3) is 3.73. The van der Waals surface area contributed by atoms with Crippen molar-refractivity contribution in [2.24, 2.45) is 0 Å². The second-order valence-electron chi connectivity index (χ2n) is 7.04. The molecule has 0 fully saturated rings. The van der Waals surface area contributed by atoms with Crippen molar-refractivity contribution in [2.75, 3.05) is 7.11 Å². The minimum absolute atomic E-state index is 0.253. The lowest BCUT2D eigenvalue weighted by Gasteiger charge is -2.17. The molecule has 0 saturated carbocycles. The molecule has 2 N–H and O–H groups in total. The fourth-order valence-electron chi connectivity index (χ4n) is 3.47. The summed E-state index contributed by atoms with van der Waals surface area (Å²) in [6.45, 7) is 1.81. The highest BCUT2D eigenvalue weighted by Gasteiger charge is 2.24. The Bertz CT molecular complexity index is 1300. The first-order valence-electron chi connectivity index (χ1n) is 9.74. The fourth-order valence-corrected chi connectivity index (χ4v) is 3.47. The van der Waals surface area contributed by atoms with E-state index in [0.29, 0.717) is 16.8 Å². The van der Waals surface area contributed by atoms with E-state index in [0.717, 1.165) is 5.56 Å². The highest BCUT2D eigenvalue weighted by atomic mass is 16.5. The summed E-state index contributed by atoms with van der Waals surface area (Å²) >= 11 is 0. The number of aromatic hydroxyl groups is 1. The van der Waals surface area contributed by atoms with Gasteiger partial charge in [-0.15, -0.1) is 0 Å². The first kappa shape index (κ1) is 20.2. The maximum Gasteiger partial charge on any atom is 0.273 e. The monoisotopic (exact) mass is 415 g/mol. The number of aromatic nitrogens is 2. The third-order valence-corrected chi connectivity index (χ3v) is 5.11. The second kappa shape index (κ2) is 8.31. The van der Waals surface area contributed by atoms with Crippen molar-refractivity contribution in [1.82, 2.24) is 14.9 Å². The smallest absolute Gasteiger partial charge is 0.273 e. The maximum atomic E-state index is 13.4. The number of carbonyl (C=O) groups is 1. The minimum Gasteiger partial charge on any atom is -0.506 e. The number of carbonyl (C=O) groups excluding carboxylic acids is 1. The fraction of sp³-hybridized carbons (Fsp3) is 0.125. The van der Waals surface area contributed by atoms with Crippen molar-refractivity contribution in [3.05, 3.63) is 94.4 Å². The number of amides is 1. The molecular formula is C24H21N3O4. The molecule has 0 aliphatic heterocycles. The van der Waals surface area contributed by atoms with E-state index in [-0.39, 0.29) is 17.3 Å². The average molecular weight is 415 g/mol. The molecule has 156 valence electrons. The lowest BCUT2D eigenvalue weighted by atomic mass is 10.1. The predicted octanol–water partition coefficient (Wildman–Crippen LogP) is 3.59. The van der Waals surface area contributed by atoms with Crippen LogP contribution in [0.3, 0.4) is 0 Å². The molecule has 0 saturated heterocycles. The van der Waals surface area contributed by atoms with Crippen molar-refractivity contribution in [3.8, 4) is 17.2 Å². The number of methoxy groups -OCH3 is 1. The van der Waals surface area contributed by atoms with Crippen LogP contribution < -0.4 is 15.6 Å². The van der Waals surface area contributed by atoms with E-state index >= 15 is 0 Å². The quantitative estimate of drug-likeness (QED) is 0.520. The van der Waals surface area contributed by atoms with Crippen molar-refractivity contribution in [2.45, 2.75) is 13.0 Å². The van der Waals surface area contributed by atoms with Crippen LogP contribution in [0.4, 0.5) is 0 Å². The van der Waals surface area contributed by atoms with Gasteiger partial charge in [-0.2, -0.15) is 0 Å². The largest absolute Gasteiger partial charge is 0.506 e. The number of nitrogens with zero attached hydrogens (tertiary/aromatic N) is 2. The minimum atomic E-state index is -0.661. The Hall–Kier alpha value is -4.13.